The molecule has 2 rings (SSSR count). The summed E-state index contributed by atoms with van der Waals surface area (Å²) in [7, 11) is 0. The van der Waals surface area contributed by atoms with Crippen molar-refractivity contribution < 1.29 is 14.4 Å². The summed E-state index contributed by atoms with van der Waals surface area (Å²) in [6, 6.07) is 7.55. The van der Waals surface area contributed by atoms with E-state index in [4.69, 9.17) is 14.4 Å². The number of ether oxygens (including phenoxy) is 1. The highest BCUT2D eigenvalue weighted by Crippen LogP contribution is 2.14. The number of aromatic nitrogens is 2. The minimum absolute atomic E-state index is 0.154. The van der Waals surface area contributed by atoms with E-state index >= 15 is 0 Å². The lowest BCUT2D eigenvalue weighted by Gasteiger charge is -2.04. The Kier molecular flexibility index (Phi) is 3.72. The van der Waals surface area contributed by atoms with E-state index in [0.717, 1.165) is 11.3 Å². The molecule has 0 unspecified atom stereocenters. The Morgan fingerprint density at radius 2 is 2.06 bits per heavy atom. The third kappa shape index (κ3) is 3.29. The molecule has 2 aromatic rings. The van der Waals surface area contributed by atoms with Crippen molar-refractivity contribution in [3.8, 4) is 5.75 Å². The van der Waals surface area contributed by atoms with E-state index in [0.29, 0.717) is 18.1 Å². The number of aryl methyl sites for hydroxylation is 1. The van der Waals surface area contributed by atoms with Gasteiger partial charge in [-0.05, 0) is 31.0 Å². The zero-order valence-electron chi connectivity index (χ0n) is 9.59. The number of nitrogens with zero attached hydrogens (tertiary/aromatic N) is 2. The second-order valence-electron chi connectivity index (χ2n) is 3.64. The molecule has 17 heavy (non-hydrogen) atoms. The van der Waals surface area contributed by atoms with Crippen LogP contribution in [0.4, 0.5) is 0 Å². The second-order valence-corrected chi connectivity index (χ2v) is 3.64. The summed E-state index contributed by atoms with van der Waals surface area (Å²) in [4.78, 5) is 4.04. The lowest BCUT2D eigenvalue weighted by atomic mass is 10.1. The molecule has 0 aliphatic heterocycles. The summed E-state index contributed by atoms with van der Waals surface area (Å²) < 4.78 is 10.4. The fourth-order valence-electron chi connectivity index (χ4n) is 1.43. The van der Waals surface area contributed by atoms with Gasteiger partial charge in [0.15, 0.2) is 12.4 Å². The predicted molar refractivity (Wildman–Crippen MR) is 60.6 cm³/mol. The summed E-state index contributed by atoms with van der Waals surface area (Å²) in [5, 5.41) is 12.5. The van der Waals surface area contributed by atoms with Gasteiger partial charge in [-0.1, -0.05) is 17.3 Å². The quantitative estimate of drug-likeness (QED) is 0.848. The van der Waals surface area contributed by atoms with Gasteiger partial charge in [-0.25, -0.2) is 0 Å². The molecule has 5 nitrogen and oxygen atoms in total. The van der Waals surface area contributed by atoms with Gasteiger partial charge in [0, 0.05) is 6.61 Å². The standard InChI is InChI=1S/C12H14N2O3/c1-9-13-12(17-14-9)8-16-11-4-2-10(3-5-11)6-7-15/h2-5,15H,6-8H2,1H3. The minimum atomic E-state index is 0.154. The Labute approximate surface area is 99.0 Å². The molecule has 0 saturated heterocycles. The predicted octanol–water partition coefficient (Wildman–Crippen LogP) is 1.49. The third-order valence-electron chi connectivity index (χ3n) is 2.26. The van der Waals surface area contributed by atoms with Crippen molar-refractivity contribution in [1.82, 2.24) is 10.1 Å². The first kappa shape index (κ1) is 11.6. The molecule has 0 bridgehead atoms. The molecule has 1 N–H and O–H groups in total. The maximum Gasteiger partial charge on any atom is 0.264 e. The maximum absolute atomic E-state index is 8.78. The van der Waals surface area contributed by atoms with Crippen molar-refractivity contribution in [2.45, 2.75) is 20.0 Å². The topological polar surface area (TPSA) is 68.4 Å². The number of hydrogen-bond acceptors (Lipinski definition) is 5. The molecule has 90 valence electrons. The van der Waals surface area contributed by atoms with Crippen LogP contribution in [-0.4, -0.2) is 21.9 Å². The van der Waals surface area contributed by atoms with Crippen LogP contribution in [0.3, 0.4) is 0 Å². The minimum Gasteiger partial charge on any atom is -0.484 e. The van der Waals surface area contributed by atoms with Crippen molar-refractivity contribution in [2.24, 2.45) is 0 Å². The van der Waals surface area contributed by atoms with Crippen molar-refractivity contribution in [2.75, 3.05) is 6.61 Å². The summed E-state index contributed by atoms with van der Waals surface area (Å²) in [5.41, 5.74) is 1.08. The van der Waals surface area contributed by atoms with Crippen molar-refractivity contribution in [1.29, 1.82) is 0 Å². The SMILES string of the molecule is Cc1noc(COc2ccc(CCO)cc2)n1. The van der Waals surface area contributed by atoms with Crippen molar-refractivity contribution >= 4 is 0 Å². The fourth-order valence-corrected chi connectivity index (χ4v) is 1.43. The summed E-state index contributed by atoms with van der Waals surface area (Å²) >= 11 is 0. The van der Waals surface area contributed by atoms with Crippen LogP contribution in [0.5, 0.6) is 5.75 Å². The number of aliphatic hydroxyl groups excluding tert-OH is 1. The van der Waals surface area contributed by atoms with E-state index in [2.05, 4.69) is 10.1 Å². The average molecular weight is 234 g/mol. The number of hydrogen-bond donors (Lipinski definition) is 1. The van der Waals surface area contributed by atoms with Crippen LogP contribution in [0.15, 0.2) is 28.8 Å². The van der Waals surface area contributed by atoms with Gasteiger partial charge >= 0.3 is 0 Å². The van der Waals surface area contributed by atoms with Crippen LogP contribution in [-0.2, 0) is 13.0 Å². The van der Waals surface area contributed by atoms with Gasteiger partial charge in [0.25, 0.3) is 5.89 Å². The van der Waals surface area contributed by atoms with Gasteiger partial charge in [-0.15, -0.1) is 0 Å². The largest absolute Gasteiger partial charge is 0.484 e. The molecule has 0 fully saturated rings. The molecule has 0 aliphatic carbocycles. The van der Waals surface area contributed by atoms with E-state index in [1.807, 2.05) is 24.3 Å². The molecular formula is C12H14N2O3. The number of aliphatic hydroxyl groups is 1. The Morgan fingerprint density at radius 3 is 2.65 bits per heavy atom. The monoisotopic (exact) mass is 234 g/mol. The molecule has 0 aliphatic rings. The maximum atomic E-state index is 8.78. The number of rotatable bonds is 5. The van der Waals surface area contributed by atoms with E-state index in [1.165, 1.54) is 0 Å². The molecule has 0 saturated carbocycles. The first-order valence-electron chi connectivity index (χ1n) is 5.40. The Bertz CT molecular complexity index is 465. The zero-order chi connectivity index (χ0) is 12.1. The highest BCUT2D eigenvalue weighted by atomic mass is 16.5. The normalized spacial score (nSPS) is 10.5. The second kappa shape index (κ2) is 5.45. The highest BCUT2D eigenvalue weighted by Gasteiger charge is 2.03. The Morgan fingerprint density at radius 1 is 1.29 bits per heavy atom. The molecule has 5 heteroatoms. The Hall–Kier alpha value is -1.88. The molecule has 0 atom stereocenters. The average Bonchev–Trinajstić information content (AvgIpc) is 2.75. The van der Waals surface area contributed by atoms with Crippen LogP contribution in [0.25, 0.3) is 0 Å². The van der Waals surface area contributed by atoms with Crippen LogP contribution < -0.4 is 4.74 Å². The first-order chi connectivity index (χ1) is 8.28. The lowest BCUT2D eigenvalue weighted by molar-refractivity contribution is 0.242. The van der Waals surface area contributed by atoms with Crippen LogP contribution in [0.1, 0.15) is 17.3 Å². The number of benzene rings is 1. The summed E-state index contributed by atoms with van der Waals surface area (Å²) in [5.74, 6) is 1.80. The highest BCUT2D eigenvalue weighted by molar-refractivity contribution is 5.27. The van der Waals surface area contributed by atoms with Gasteiger partial charge in [0.1, 0.15) is 5.75 Å². The van der Waals surface area contributed by atoms with Crippen molar-refractivity contribution in [3.05, 3.63) is 41.5 Å². The molecule has 0 spiro atoms. The van der Waals surface area contributed by atoms with Gasteiger partial charge in [-0.2, -0.15) is 4.98 Å². The van der Waals surface area contributed by atoms with Gasteiger partial charge in [0.05, 0.1) is 0 Å². The van der Waals surface area contributed by atoms with E-state index < -0.39 is 0 Å². The first-order valence-corrected chi connectivity index (χ1v) is 5.40. The summed E-state index contributed by atoms with van der Waals surface area (Å²) in [6.07, 6.45) is 0.656. The molecule has 0 amide bonds. The van der Waals surface area contributed by atoms with E-state index in [9.17, 15) is 0 Å². The molecule has 1 aromatic heterocycles. The molecule has 0 radical (unpaired) electrons. The van der Waals surface area contributed by atoms with Crippen LogP contribution in [0, 0.1) is 6.92 Å². The molecule has 1 heterocycles. The third-order valence-corrected chi connectivity index (χ3v) is 2.26. The van der Waals surface area contributed by atoms with E-state index in [1.54, 1.807) is 6.92 Å². The lowest BCUT2D eigenvalue weighted by Crippen LogP contribution is -1.96. The van der Waals surface area contributed by atoms with Gasteiger partial charge in [0.2, 0.25) is 0 Å². The summed E-state index contributed by atoms with van der Waals surface area (Å²) in [6.45, 7) is 2.18. The smallest absolute Gasteiger partial charge is 0.264 e. The zero-order valence-corrected chi connectivity index (χ0v) is 9.59. The molecular weight excluding hydrogens is 220 g/mol. The Balaban J connectivity index is 1.90. The fraction of sp³-hybridized carbons (Fsp3) is 0.333. The van der Waals surface area contributed by atoms with Crippen LogP contribution >= 0.6 is 0 Å². The van der Waals surface area contributed by atoms with Crippen LogP contribution in [0.2, 0.25) is 0 Å². The van der Waals surface area contributed by atoms with Crippen molar-refractivity contribution in [3.63, 3.8) is 0 Å². The van der Waals surface area contributed by atoms with Gasteiger partial charge < -0.3 is 14.4 Å². The van der Waals surface area contributed by atoms with Gasteiger partial charge in [-0.3, -0.25) is 0 Å². The molecule has 1 aromatic carbocycles. The van der Waals surface area contributed by atoms with E-state index in [-0.39, 0.29) is 13.2 Å².